The first-order valence-corrected chi connectivity index (χ1v) is 9.64. The van der Waals surface area contributed by atoms with E-state index in [2.05, 4.69) is 44.3 Å². The van der Waals surface area contributed by atoms with Crippen LogP contribution in [0, 0.1) is 0 Å². The van der Waals surface area contributed by atoms with Crippen LogP contribution < -0.4 is 14.6 Å². The quantitative estimate of drug-likeness (QED) is 0.623. The Kier molecular flexibility index (Phi) is 5.83. The van der Waals surface area contributed by atoms with Crippen molar-refractivity contribution in [3.8, 4) is 5.75 Å². The SMILES string of the molecule is C(=NN1CCN(c2cccc[nH+]2)CC1)c1cccc(OCc2ccccc2)c1. The topological polar surface area (TPSA) is 42.2 Å². The molecule has 1 aliphatic heterocycles. The molecule has 0 saturated carbocycles. The highest BCUT2D eigenvalue weighted by Gasteiger charge is 2.21. The predicted octanol–water partition coefficient (Wildman–Crippen LogP) is 3.24. The zero-order chi connectivity index (χ0) is 19.0. The van der Waals surface area contributed by atoms with Crippen molar-refractivity contribution in [2.45, 2.75) is 6.61 Å². The largest absolute Gasteiger partial charge is 0.489 e. The molecule has 1 saturated heterocycles. The van der Waals surface area contributed by atoms with Crippen molar-refractivity contribution < 1.29 is 9.72 Å². The number of ether oxygens (including phenoxy) is 1. The van der Waals surface area contributed by atoms with Crippen LogP contribution in [0.5, 0.6) is 5.75 Å². The molecule has 0 atom stereocenters. The van der Waals surface area contributed by atoms with Crippen molar-refractivity contribution in [3.05, 3.63) is 90.1 Å². The lowest BCUT2D eigenvalue weighted by Gasteiger charge is -2.28. The average molecular weight is 373 g/mol. The number of rotatable bonds is 6. The fourth-order valence-electron chi connectivity index (χ4n) is 3.21. The van der Waals surface area contributed by atoms with E-state index in [1.165, 1.54) is 0 Å². The third kappa shape index (κ3) is 4.88. The molecule has 3 aromatic rings. The van der Waals surface area contributed by atoms with Crippen LogP contribution >= 0.6 is 0 Å². The van der Waals surface area contributed by atoms with Gasteiger partial charge in [0.05, 0.1) is 25.5 Å². The maximum atomic E-state index is 5.90. The van der Waals surface area contributed by atoms with Crippen LogP contribution in [0.25, 0.3) is 0 Å². The number of benzene rings is 2. The molecule has 0 amide bonds. The molecule has 0 bridgehead atoms. The Morgan fingerprint density at radius 1 is 0.893 bits per heavy atom. The van der Waals surface area contributed by atoms with Gasteiger partial charge in [-0.3, -0.25) is 9.91 Å². The van der Waals surface area contributed by atoms with Gasteiger partial charge in [0.2, 0.25) is 0 Å². The molecule has 142 valence electrons. The van der Waals surface area contributed by atoms with Crippen LogP contribution in [0.3, 0.4) is 0 Å². The predicted molar refractivity (Wildman–Crippen MR) is 112 cm³/mol. The third-order valence-corrected chi connectivity index (χ3v) is 4.77. The second kappa shape index (κ2) is 9.04. The molecule has 1 aromatic heterocycles. The van der Waals surface area contributed by atoms with Gasteiger partial charge in [-0.15, -0.1) is 0 Å². The molecule has 1 aliphatic rings. The number of hydrazone groups is 1. The average Bonchev–Trinajstić information content (AvgIpc) is 2.78. The van der Waals surface area contributed by atoms with E-state index in [0.717, 1.165) is 48.9 Å². The molecule has 0 spiro atoms. The molecule has 0 unspecified atom stereocenters. The lowest BCUT2D eigenvalue weighted by Crippen LogP contribution is -2.45. The summed E-state index contributed by atoms with van der Waals surface area (Å²) < 4.78 is 5.90. The summed E-state index contributed by atoms with van der Waals surface area (Å²) in [5.74, 6) is 2.02. The molecule has 1 N–H and O–H groups in total. The first-order chi connectivity index (χ1) is 13.9. The van der Waals surface area contributed by atoms with E-state index in [4.69, 9.17) is 4.74 Å². The van der Waals surface area contributed by atoms with Gasteiger partial charge in [0, 0.05) is 6.07 Å². The molecule has 5 heteroatoms. The van der Waals surface area contributed by atoms with E-state index < -0.39 is 0 Å². The minimum Gasteiger partial charge on any atom is -0.489 e. The number of nitrogens with zero attached hydrogens (tertiary/aromatic N) is 3. The van der Waals surface area contributed by atoms with Crippen LogP contribution in [0.1, 0.15) is 11.1 Å². The molecule has 2 heterocycles. The summed E-state index contributed by atoms with van der Waals surface area (Å²) in [5, 5.41) is 6.78. The second-order valence-corrected chi connectivity index (χ2v) is 6.78. The zero-order valence-electron chi connectivity index (χ0n) is 15.9. The number of nitrogens with one attached hydrogen (secondary N) is 1. The number of aromatic amines is 1. The highest BCUT2D eigenvalue weighted by atomic mass is 16.5. The number of piperazine rings is 1. The van der Waals surface area contributed by atoms with Gasteiger partial charge >= 0.3 is 0 Å². The van der Waals surface area contributed by atoms with Crippen molar-refractivity contribution in [1.29, 1.82) is 0 Å². The van der Waals surface area contributed by atoms with E-state index in [1.54, 1.807) is 0 Å². The van der Waals surface area contributed by atoms with E-state index in [1.807, 2.05) is 60.9 Å². The Morgan fingerprint density at radius 3 is 2.50 bits per heavy atom. The summed E-state index contributed by atoms with van der Waals surface area (Å²) in [6.07, 6.45) is 3.88. The van der Waals surface area contributed by atoms with Crippen LogP contribution in [0.15, 0.2) is 84.1 Å². The van der Waals surface area contributed by atoms with Gasteiger partial charge < -0.3 is 4.74 Å². The summed E-state index contributed by atoms with van der Waals surface area (Å²) in [7, 11) is 0. The molecule has 1 fully saturated rings. The van der Waals surface area contributed by atoms with Gasteiger partial charge in [-0.25, -0.2) is 4.98 Å². The number of H-pyrrole nitrogens is 1. The number of aromatic nitrogens is 1. The van der Waals surface area contributed by atoms with Gasteiger partial charge in [-0.05, 0) is 29.3 Å². The Balaban J connectivity index is 1.30. The van der Waals surface area contributed by atoms with E-state index in [0.29, 0.717) is 6.61 Å². The summed E-state index contributed by atoms with van der Waals surface area (Å²) >= 11 is 0. The van der Waals surface area contributed by atoms with Crippen molar-refractivity contribution in [3.63, 3.8) is 0 Å². The van der Waals surface area contributed by atoms with E-state index in [9.17, 15) is 0 Å². The highest BCUT2D eigenvalue weighted by Crippen LogP contribution is 2.15. The van der Waals surface area contributed by atoms with Crippen molar-refractivity contribution in [2.75, 3.05) is 31.1 Å². The third-order valence-electron chi connectivity index (χ3n) is 4.77. The number of hydrogen-bond donors (Lipinski definition) is 0. The normalized spacial score (nSPS) is 14.4. The van der Waals surface area contributed by atoms with Crippen LogP contribution in [-0.2, 0) is 6.61 Å². The summed E-state index contributed by atoms with van der Waals surface area (Å²) in [6.45, 7) is 4.29. The number of hydrogen-bond acceptors (Lipinski definition) is 4. The lowest BCUT2D eigenvalue weighted by atomic mass is 10.2. The molecule has 28 heavy (non-hydrogen) atoms. The van der Waals surface area contributed by atoms with E-state index in [-0.39, 0.29) is 0 Å². The Bertz CT molecular complexity index is 891. The standard InChI is InChI=1S/C23H24N4O/c1-2-7-20(8-3-1)19-28-22-10-6-9-21(17-22)18-25-27-15-13-26(14-16-27)23-11-4-5-12-24-23/h1-12,17-18H,13-16,19H2/p+1. The minimum atomic E-state index is 0.569. The van der Waals surface area contributed by atoms with Crippen LogP contribution in [0.2, 0.25) is 0 Å². The molecular weight excluding hydrogens is 348 g/mol. The van der Waals surface area contributed by atoms with Gasteiger partial charge in [0.25, 0.3) is 5.82 Å². The summed E-state index contributed by atoms with van der Waals surface area (Å²) in [4.78, 5) is 5.65. The van der Waals surface area contributed by atoms with Gasteiger partial charge in [-0.2, -0.15) is 5.10 Å². The lowest BCUT2D eigenvalue weighted by molar-refractivity contribution is -0.364. The van der Waals surface area contributed by atoms with Crippen LogP contribution in [-0.4, -0.2) is 37.4 Å². The Hall–Kier alpha value is -3.34. The smallest absolute Gasteiger partial charge is 0.274 e. The van der Waals surface area contributed by atoms with Crippen LogP contribution in [0.4, 0.5) is 5.82 Å². The van der Waals surface area contributed by atoms with Gasteiger partial charge in [0.15, 0.2) is 0 Å². The Morgan fingerprint density at radius 2 is 1.71 bits per heavy atom. The minimum absolute atomic E-state index is 0.569. The monoisotopic (exact) mass is 373 g/mol. The molecule has 2 aromatic carbocycles. The second-order valence-electron chi connectivity index (χ2n) is 6.78. The van der Waals surface area contributed by atoms with Crippen molar-refractivity contribution in [2.24, 2.45) is 5.10 Å². The fraction of sp³-hybridized carbons (Fsp3) is 0.217. The first-order valence-electron chi connectivity index (χ1n) is 9.64. The number of pyridine rings is 1. The summed E-state index contributed by atoms with van der Waals surface area (Å²) in [5.41, 5.74) is 2.21. The molecule has 0 aliphatic carbocycles. The fourth-order valence-corrected chi connectivity index (χ4v) is 3.21. The molecule has 4 rings (SSSR count). The maximum Gasteiger partial charge on any atom is 0.274 e. The highest BCUT2D eigenvalue weighted by molar-refractivity contribution is 5.80. The molecule has 0 radical (unpaired) electrons. The van der Waals surface area contributed by atoms with E-state index >= 15 is 0 Å². The summed E-state index contributed by atoms with van der Waals surface area (Å²) in [6, 6.07) is 24.4. The first kappa shape index (κ1) is 18.0. The maximum absolute atomic E-state index is 5.90. The van der Waals surface area contributed by atoms with Crippen molar-refractivity contribution >= 4 is 12.0 Å². The molecule has 5 nitrogen and oxygen atoms in total. The molecular formula is C23H25N4O+. The number of anilines is 1. The van der Waals surface area contributed by atoms with Crippen molar-refractivity contribution in [1.82, 2.24) is 5.01 Å². The Labute approximate surface area is 165 Å². The zero-order valence-corrected chi connectivity index (χ0v) is 15.9. The van der Waals surface area contributed by atoms with Gasteiger partial charge in [-0.1, -0.05) is 48.5 Å². The van der Waals surface area contributed by atoms with Gasteiger partial charge in [0.1, 0.15) is 25.4 Å².